The molecular weight excluding hydrogens is 255 g/mol. The lowest BCUT2D eigenvalue weighted by atomic mass is 9.91. The summed E-state index contributed by atoms with van der Waals surface area (Å²) in [5, 5.41) is 10.5. The molecule has 2 rings (SSSR count). The van der Waals surface area contributed by atoms with Crippen LogP contribution in [0, 0.1) is 5.82 Å². The fourth-order valence-corrected chi connectivity index (χ4v) is 3.27. The van der Waals surface area contributed by atoms with Gasteiger partial charge in [-0.3, -0.25) is 0 Å². The summed E-state index contributed by atoms with van der Waals surface area (Å²) in [5.41, 5.74) is 0.123. The highest BCUT2D eigenvalue weighted by Gasteiger charge is 2.37. The molecule has 0 amide bonds. The zero-order valence-corrected chi connectivity index (χ0v) is 11.1. The van der Waals surface area contributed by atoms with Gasteiger partial charge < -0.3 is 5.11 Å². The Morgan fingerprint density at radius 3 is 2.83 bits per heavy atom. The smallest absolute Gasteiger partial charge is 0.147 e. The first kappa shape index (κ1) is 13.5. The van der Waals surface area contributed by atoms with Gasteiger partial charge in [-0.15, -0.1) is 0 Å². The Labute approximate surface area is 107 Å². The van der Waals surface area contributed by atoms with Crippen molar-refractivity contribution in [3.8, 4) is 0 Å². The SMILES string of the molecule is CS(=O)(=O)CCCC1(O)CCc2c(F)cccc21. The number of hydrogen-bond acceptors (Lipinski definition) is 3. The van der Waals surface area contributed by atoms with Crippen molar-refractivity contribution in [1.29, 1.82) is 0 Å². The maximum absolute atomic E-state index is 13.5. The molecule has 0 bridgehead atoms. The van der Waals surface area contributed by atoms with Crippen LogP contribution in [0.5, 0.6) is 0 Å². The van der Waals surface area contributed by atoms with E-state index in [1.54, 1.807) is 12.1 Å². The van der Waals surface area contributed by atoms with E-state index in [0.29, 0.717) is 36.8 Å². The number of aliphatic hydroxyl groups is 1. The van der Waals surface area contributed by atoms with Crippen LogP contribution < -0.4 is 0 Å². The van der Waals surface area contributed by atoms with E-state index in [-0.39, 0.29) is 11.6 Å². The molecule has 3 nitrogen and oxygen atoms in total. The van der Waals surface area contributed by atoms with Crippen LogP contribution in [0.25, 0.3) is 0 Å². The molecule has 1 atom stereocenters. The predicted octanol–water partition coefficient (Wildman–Crippen LogP) is 1.78. The summed E-state index contributed by atoms with van der Waals surface area (Å²) in [4.78, 5) is 0. The highest BCUT2D eigenvalue weighted by atomic mass is 32.2. The molecule has 1 aliphatic carbocycles. The lowest BCUT2D eigenvalue weighted by Crippen LogP contribution is -2.23. The van der Waals surface area contributed by atoms with E-state index in [2.05, 4.69) is 0 Å². The van der Waals surface area contributed by atoms with Gasteiger partial charge in [-0.1, -0.05) is 12.1 Å². The van der Waals surface area contributed by atoms with Crippen molar-refractivity contribution >= 4 is 9.84 Å². The van der Waals surface area contributed by atoms with Gasteiger partial charge in [0.15, 0.2) is 0 Å². The van der Waals surface area contributed by atoms with Crippen LogP contribution in [-0.2, 0) is 21.9 Å². The molecule has 0 saturated heterocycles. The molecular formula is C13H17FO3S. The van der Waals surface area contributed by atoms with Crippen molar-refractivity contribution in [3.63, 3.8) is 0 Å². The molecule has 0 radical (unpaired) electrons. The van der Waals surface area contributed by atoms with Crippen LogP contribution in [-0.4, -0.2) is 25.5 Å². The average molecular weight is 272 g/mol. The largest absolute Gasteiger partial charge is 0.385 e. The van der Waals surface area contributed by atoms with E-state index in [1.165, 1.54) is 12.3 Å². The quantitative estimate of drug-likeness (QED) is 0.909. The molecule has 0 saturated carbocycles. The first-order chi connectivity index (χ1) is 8.32. The van der Waals surface area contributed by atoms with Crippen molar-refractivity contribution < 1.29 is 17.9 Å². The fourth-order valence-electron chi connectivity index (χ4n) is 2.60. The second kappa shape index (κ2) is 4.63. The molecule has 0 aromatic heterocycles. The van der Waals surface area contributed by atoms with Crippen LogP contribution >= 0.6 is 0 Å². The summed E-state index contributed by atoms with van der Waals surface area (Å²) >= 11 is 0. The zero-order chi connectivity index (χ0) is 13.4. The Morgan fingerprint density at radius 1 is 1.44 bits per heavy atom. The van der Waals surface area contributed by atoms with Crippen LogP contribution in [0.15, 0.2) is 18.2 Å². The van der Waals surface area contributed by atoms with E-state index < -0.39 is 15.4 Å². The van der Waals surface area contributed by atoms with Gasteiger partial charge in [0.05, 0.1) is 5.60 Å². The van der Waals surface area contributed by atoms with Crippen molar-refractivity contribution in [2.45, 2.75) is 31.3 Å². The van der Waals surface area contributed by atoms with Crippen molar-refractivity contribution in [3.05, 3.63) is 35.1 Å². The molecule has 1 aliphatic rings. The summed E-state index contributed by atoms with van der Waals surface area (Å²) in [7, 11) is -3.01. The molecule has 0 heterocycles. The molecule has 1 unspecified atom stereocenters. The zero-order valence-electron chi connectivity index (χ0n) is 10.3. The Kier molecular flexibility index (Phi) is 3.47. The maximum Gasteiger partial charge on any atom is 0.147 e. The first-order valence-corrected chi connectivity index (χ1v) is 8.06. The van der Waals surface area contributed by atoms with E-state index in [4.69, 9.17) is 0 Å². The van der Waals surface area contributed by atoms with Gasteiger partial charge in [0.1, 0.15) is 15.7 Å². The number of rotatable bonds is 4. The Morgan fingerprint density at radius 2 is 2.17 bits per heavy atom. The van der Waals surface area contributed by atoms with Gasteiger partial charge in [0.2, 0.25) is 0 Å². The topological polar surface area (TPSA) is 54.4 Å². The van der Waals surface area contributed by atoms with Crippen LogP contribution in [0.4, 0.5) is 4.39 Å². The summed E-state index contributed by atoms with van der Waals surface area (Å²) in [6.07, 6.45) is 2.91. The predicted molar refractivity (Wildman–Crippen MR) is 67.6 cm³/mol. The Balaban J connectivity index is 2.13. The number of hydrogen-bond donors (Lipinski definition) is 1. The van der Waals surface area contributed by atoms with Gasteiger partial charge in [-0.2, -0.15) is 0 Å². The highest BCUT2D eigenvalue weighted by molar-refractivity contribution is 7.90. The van der Waals surface area contributed by atoms with Crippen LogP contribution in [0.2, 0.25) is 0 Å². The summed E-state index contributed by atoms with van der Waals surface area (Å²) in [6, 6.07) is 4.70. The van der Waals surface area contributed by atoms with E-state index in [0.717, 1.165) is 0 Å². The first-order valence-electron chi connectivity index (χ1n) is 6.00. The Bertz CT molecular complexity index is 553. The standard InChI is InChI=1S/C13H17FO3S/c1-18(16,17)9-3-7-13(15)8-6-10-11(13)4-2-5-12(10)14/h2,4-5,15H,3,6-9H2,1H3. The minimum atomic E-state index is -3.01. The lowest BCUT2D eigenvalue weighted by Gasteiger charge is -2.23. The van der Waals surface area contributed by atoms with Gasteiger partial charge in [-0.05, 0) is 42.9 Å². The fraction of sp³-hybridized carbons (Fsp3) is 0.538. The molecule has 0 spiro atoms. The highest BCUT2D eigenvalue weighted by Crippen LogP contribution is 2.41. The molecule has 18 heavy (non-hydrogen) atoms. The van der Waals surface area contributed by atoms with E-state index in [9.17, 15) is 17.9 Å². The van der Waals surface area contributed by atoms with Gasteiger partial charge in [0.25, 0.3) is 0 Å². The summed E-state index contributed by atoms with van der Waals surface area (Å²) in [6.45, 7) is 0. The Hall–Kier alpha value is -0.940. The number of halogens is 1. The van der Waals surface area contributed by atoms with Crippen molar-refractivity contribution in [1.82, 2.24) is 0 Å². The second-order valence-electron chi connectivity index (χ2n) is 5.03. The number of benzene rings is 1. The third kappa shape index (κ3) is 2.72. The molecule has 100 valence electrons. The summed E-state index contributed by atoms with van der Waals surface area (Å²) < 4.78 is 35.7. The average Bonchev–Trinajstić information content (AvgIpc) is 2.57. The van der Waals surface area contributed by atoms with Crippen LogP contribution in [0.1, 0.15) is 30.4 Å². The molecule has 5 heteroatoms. The van der Waals surface area contributed by atoms with Gasteiger partial charge >= 0.3 is 0 Å². The minimum Gasteiger partial charge on any atom is -0.385 e. The van der Waals surface area contributed by atoms with E-state index >= 15 is 0 Å². The van der Waals surface area contributed by atoms with Crippen LogP contribution in [0.3, 0.4) is 0 Å². The minimum absolute atomic E-state index is 0.0555. The lowest BCUT2D eigenvalue weighted by molar-refractivity contribution is 0.0289. The van der Waals surface area contributed by atoms with Crippen molar-refractivity contribution in [2.75, 3.05) is 12.0 Å². The maximum atomic E-state index is 13.5. The number of fused-ring (bicyclic) bond motifs is 1. The third-order valence-electron chi connectivity index (χ3n) is 3.51. The number of sulfone groups is 1. The summed E-state index contributed by atoms with van der Waals surface area (Å²) in [5.74, 6) is -0.230. The van der Waals surface area contributed by atoms with Gasteiger partial charge in [0, 0.05) is 12.0 Å². The van der Waals surface area contributed by atoms with E-state index in [1.807, 2.05) is 0 Å². The molecule has 0 aliphatic heterocycles. The monoisotopic (exact) mass is 272 g/mol. The molecule has 1 N–H and O–H groups in total. The van der Waals surface area contributed by atoms with Crippen molar-refractivity contribution in [2.24, 2.45) is 0 Å². The van der Waals surface area contributed by atoms with Gasteiger partial charge in [-0.25, -0.2) is 12.8 Å². The molecule has 0 fully saturated rings. The normalized spacial score (nSPS) is 23.1. The molecule has 1 aromatic carbocycles. The molecule has 1 aromatic rings. The second-order valence-corrected chi connectivity index (χ2v) is 7.29. The third-order valence-corrected chi connectivity index (χ3v) is 4.54.